The van der Waals surface area contributed by atoms with Gasteiger partial charge in [0.2, 0.25) is 0 Å². The van der Waals surface area contributed by atoms with Crippen molar-refractivity contribution in [3.8, 4) is 11.5 Å². The number of rotatable bonds is 4. The smallest absolute Gasteiger partial charge is 0.181 e. The van der Waals surface area contributed by atoms with Gasteiger partial charge >= 0.3 is 0 Å². The van der Waals surface area contributed by atoms with Gasteiger partial charge in [0.05, 0.1) is 17.4 Å². The molecule has 1 saturated heterocycles. The molecule has 1 fully saturated rings. The van der Waals surface area contributed by atoms with E-state index in [1.54, 1.807) is 6.20 Å². The molecule has 3 aromatic heterocycles. The second-order valence-electron chi connectivity index (χ2n) is 6.84. The molecule has 27 heavy (non-hydrogen) atoms. The lowest BCUT2D eigenvalue weighted by Gasteiger charge is -2.22. The molecule has 0 aliphatic carbocycles. The molecule has 136 valence electrons. The Balaban J connectivity index is 1.39. The molecule has 0 radical (unpaired) electrons. The van der Waals surface area contributed by atoms with Crippen LogP contribution < -0.4 is 5.32 Å². The van der Waals surface area contributed by atoms with E-state index in [4.69, 9.17) is 9.15 Å². The van der Waals surface area contributed by atoms with Gasteiger partial charge in [-0.15, -0.1) is 0 Å². The van der Waals surface area contributed by atoms with Gasteiger partial charge in [-0.2, -0.15) is 0 Å². The number of fused-ring (bicyclic) bond motifs is 1. The van der Waals surface area contributed by atoms with Crippen molar-refractivity contribution in [1.29, 1.82) is 0 Å². The maximum Gasteiger partial charge on any atom is 0.181 e. The fourth-order valence-corrected chi connectivity index (χ4v) is 3.62. The van der Waals surface area contributed by atoms with Crippen LogP contribution in [0.5, 0.6) is 0 Å². The highest BCUT2D eigenvalue weighted by Gasteiger charge is 2.16. The number of ether oxygens (including phenoxy) is 1. The van der Waals surface area contributed by atoms with Crippen LogP contribution in [0, 0.1) is 0 Å². The number of aromatic amines is 1. The highest BCUT2D eigenvalue weighted by Crippen LogP contribution is 2.30. The molecule has 4 aromatic rings. The van der Waals surface area contributed by atoms with Crippen molar-refractivity contribution in [1.82, 2.24) is 15.0 Å². The quantitative estimate of drug-likeness (QED) is 0.544. The van der Waals surface area contributed by atoms with E-state index < -0.39 is 0 Å². The summed E-state index contributed by atoms with van der Waals surface area (Å²) in [5.41, 5.74) is 4.30. The minimum absolute atomic E-state index is 0.573. The Morgan fingerprint density at radius 3 is 2.85 bits per heavy atom. The van der Waals surface area contributed by atoms with E-state index in [1.165, 1.54) is 12.0 Å². The van der Waals surface area contributed by atoms with Crippen molar-refractivity contribution in [2.24, 2.45) is 0 Å². The van der Waals surface area contributed by atoms with Crippen LogP contribution in [0.4, 0.5) is 11.5 Å². The summed E-state index contributed by atoms with van der Waals surface area (Å²) in [6.45, 7) is 1.70. The maximum absolute atomic E-state index is 5.48. The predicted molar refractivity (Wildman–Crippen MR) is 104 cm³/mol. The van der Waals surface area contributed by atoms with Gasteiger partial charge in [-0.1, -0.05) is 12.1 Å². The van der Waals surface area contributed by atoms with Crippen molar-refractivity contribution in [2.75, 3.05) is 18.5 Å². The molecule has 6 heteroatoms. The Bertz CT molecular complexity index is 1050. The van der Waals surface area contributed by atoms with E-state index in [0.717, 1.165) is 54.2 Å². The Morgan fingerprint density at radius 1 is 1.07 bits per heavy atom. The largest absolute Gasteiger partial charge is 0.442 e. The topological polar surface area (TPSA) is 76.0 Å². The molecule has 6 nitrogen and oxygen atoms in total. The molecule has 0 unspecified atom stereocenters. The zero-order valence-electron chi connectivity index (χ0n) is 14.8. The number of nitrogens with zero attached hydrogens (tertiary/aromatic N) is 2. The first-order valence-corrected chi connectivity index (χ1v) is 9.17. The van der Waals surface area contributed by atoms with Crippen LogP contribution in [0.3, 0.4) is 0 Å². The number of pyridine rings is 1. The van der Waals surface area contributed by atoms with Crippen molar-refractivity contribution in [2.45, 2.75) is 18.8 Å². The van der Waals surface area contributed by atoms with Crippen molar-refractivity contribution in [3.63, 3.8) is 0 Å². The molecule has 0 atom stereocenters. The molecule has 5 rings (SSSR count). The molecule has 0 bridgehead atoms. The summed E-state index contributed by atoms with van der Waals surface area (Å²) >= 11 is 0. The molecule has 1 aliphatic heterocycles. The van der Waals surface area contributed by atoms with Crippen LogP contribution in [-0.2, 0) is 4.74 Å². The first-order chi connectivity index (χ1) is 13.3. The highest BCUT2D eigenvalue weighted by molar-refractivity contribution is 5.86. The molecule has 0 saturated carbocycles. The summed E-state index contributed by atoms with van der Waals surface area (Å²) < 4.78 is 10.8. The third-order valence-corrected chi connectivity index (χ3v) is 5.05. The lowest BCUT2D eigenvalue weighted by molar-refractivity contribution is 0.0853. The van der Waals surface area contributed by atoms with Crippen LogP contribution in [0.25, 0.3) is 22.4 Å². The van der Waals surface area contributed by atoms with Crippen molar-refractivity contribution < 1.29 is 9.15 Å². The van der Waals surface area contributed by atoms with Crippen LogP contribution in [0.1, 0.15) is 24.3 Å². The van der Waals surface area contributed by atoms with E-state index in [2.05, 4.69) is 44.5 Å². The monoisotopic (exact) mass is 360 g/mol. The van der Waals surface area contributed by atoms with Gasteiger partial charge in [-0.05, 0) is 42.5 Å². The number of nitrogens with one attached hydrogen (secondary N) is 2. The second-order valence-corrected chi connectivity index (χ2v) is 6.84. The van der Waals surface area contributed by atoms with Crippen LogP contribution in [0.15, 0.2) is 59.6 Å². The molecular formula is C21H20N4O2. The molecule has 0 spiro atoms. The zero-order valence-corrected chi connectivity index (χ0v) is 14.8. The van der Waals surface area contributed by atoms with Crippen LogP contribution >= 0.6 is 0 Å². The third-order valence-electron chi connectivity index (χ3n) is 5.05. The number of anilines is 2. The lowest BCUT2D eigenvalue weighted by atomic mass is 9.91. The second kappa shape index (κ2) is 6.89. The average molecular weight is 360 g/mol. The van der Waals surface area contributed by atoms with E-state index >= 15 is 0 Å². The van der Waals surface area contributed by atoms with E-state index in [-0.39, 0.29) is 0 Å². The summed E-state index contributed by atoms with van der Waals surface area (Å²) in [4.78, 5) is 11.9. The van der Waals surface area contributed by atoms with E-state index in [0.29, 0.717) is 11.7 Å². The standard InChI is InChI=1S/C21H20N4O2/c1-2-15(14-4-6-26-7-5-14)8-17(3-1)24-21-10-18-16(11-23-21)9-19(25-18)20-12-22-13-27-20/h1-3,8-14,25H,4-7H2,(H,23,24). The number of H-pyrrole nitrogens is 1. The van der Waals surface area contributed by atoms with Gasteiger partial charge in [0.25, 0.3) is 0 Å². The first kappa shape index (κ1) is 16.1. The minimum atomic E-state index is 0.573. The molecule has 0 amide bonds. The van der Waals surface area contributed by atoms with Crippen LogP contribution in [-0.4, -0.2) is 28.2 Å². The maximum atomic E-state index is 5.48. The first-order valence-electron chi connectivity index (χ1n) is 9.17. The fourth-order valence-electron chi connectivity index (χ4n) is 3.62. The SMILES string of the molecule is c1cc(Nc2cc3[nH]c(-c4cnco4)cc3cn2)cc(C2CCOCC2)c1. The molecule has 2 N–H and O–H groups in total. The summed E-state index contributed by atoms with van der Waals surface area (Å²) in [6, 6.07) is 12.6. The molecule has 1 aromatic carbocycles. The zero-order chi connectivity index (χ0) is 18.1. The van der Waals surface area contributed by atoms with Gasteiger partial charge in [0.15, 0.2) is 12.2 Å². The summed E-state index contributed by atoms with van der Waals surface area (Å²) in [6.07, 6.45) is 7.15. The highest BCUT2D eigenvalue weighted by atomic mass is 16.5. The van der Waals surface area contributed by atoms with Crippen molar-refractivity contribution in [3.05, 3.63) is 60.7 Å². The summed E-state index contributed by atoms with van der Waals surface area (Å²) in [5.74, 6) is 2.09. The summed E-state index contributed by atoms with van der Waals surface area (Å²) in [7, 11) is 0. The molecule has 4 heterocycles. The summed E-state index contributed by atoms with van der Waals surface area (Å²) in [5, 5.41) is 4.45. The van der Waals surface area contributed by atoms with Gasteiger partial charge < -0.3 is 19.5 Å². The van der Waals surface area contributed by atoms with E-state index in [1.807, 2.05) is 18.3 Å². The normalized spacial score (nSPS) is 15.3. The Kier molecular flexibility index (Phi) is 4.10. The molecular weight excluding hydrogens is 340 g/mol. The average Bonchev–Trinajstić information content (AvgIpc) is 3.38. The number of hydrogen-bond donors (Lipinski definition) is 2. The van der Waals surface area contributed by atoms with Gasteiger partial charge in [0.1, 0.15) is 5.82 Å². The van der Waals surface area contributed by atoms with Crippen molar-refractivity contribution >= 4 is 22.4 Å². The Morgan fingerprint density at radius 2 is 2.00 bits per heavy atom. The van der Waals surface area contributed by atoms with Gasteiger partial charge in [-0.3, -0.25) is 0 Å². The Hall–Kier alpha value is -3.12. The Labute approximate surface area is 156 Å². The van der Waals surface area contributed by atoms with Gasteiger partial charge in [0, 0.05) is 36.6 Å². The fraction of sp³-hybridized carbons (Fsp3) is 0.238. The number of hydrogen-bond acceptors (Lipinski definition) is 5. The predicted octanol–water partition coefficient (Wildman–Crippen LogP) is 4.86. The lowest BCUT2D eigenvalue weighted by Crippen LogP contribution is -2.14. The van der Waals surface area contributed by atoms with E-state index in [9.17, 15) is 0 Å². The van der Waals surface area contributed by atoms with Crippen LogP contribution in [0.2, 0.25) is 0 Å². The number of oxazole rings is 1. The number of benzene rings is 1. The minimum Gasteiger partial charge on any atom is -0.442 e. The number of aromatic nitrogens is 3. The molecule has 1 aliphatic rings. The third kappa shape index (κ3) is 3.31. The van der Waals surface area contributed by atoms with Gasteiger partial charge in [-0.25, -0.2) is 9.97 Å².